The van der Waals surface area contributed by atoms with Gasteiger partial charge in [0.2, 0.25) is 11.8 Å². The van der Waals surface area contributed by atoms with E-state index in [1.54, 1.807) is 11.8 Å². The van der Waals surface area contributed by atoms with Gasteiger partial charge < -0.3 is 10.2 Å². The van der Waals surface area contributed by atoms with Gasteiger partial charge in [0.05, 0.1) is 0 Å². The van der Waals surface area contributed by atoms with E-state index in [0.717, 1.165) is 31.0 Å². The summed E-state index contributed by atoms with van der Waals surface area (Å²) in [6, 6.07) is 0. The van der Waals surface area contributed by atoms with Crippen molar-refractivity contribution in [3.8, 4) is 0 Å². The quantitative estimate of drug-likeness (QED) is 0.510. The summed E-state index contributed by atoms with van der Waals surface area (Å²) in [4.78, 5) is 36.5. The molecular formula is C16H30N2O3S2. The van der Waals surface area contributed by atoms with Gasteiger partial charge in [-0.15, -0.1) is 0 Å². The van der Waals surface area contributed by atoms with Gasteiger partial charge in [0.15, 0.2) is 5.12 Å². The van der Waals surface area contributed by atoms with Crippen LogP contribution >= 0.6 is 23.5 Å². The Balaban J connectivity index is 3.52. The van der Waals surface area contributed by atoms with Crippen molar-refractivity contribution in [1.29, 1.82) is 0 Å². The average Bonchev–Trinajstić information content (AvgIpc) is 2.52. The van der Waals surface area contributed by atoms with Crippen molar-refractivity contribution in [3.05, 3.63) is 0 Å². The van der Waals surface area contributed by atoms with Gasteiger partial charge in [0.25, 0.3) is 0 Å². The van der Waals surface area contributed by atoms with Crippen molar-refractivity contribution >= 4 is 40.5 Å². The number of rotatable bonds is 13. The minimum atomic E-state index is 0.00113. The van der Waals surface area contributed by atoms with E-state index in [-0.39, 0.29) is 16.9 Å². The molecule has 0 rings (SSSR count). The fraction of sp³-hybridized carbons (Fsp3) is 0.812. The molecule has 1 N–H and O–H groups in total. The van der Waals surface area contributed by atoms with Gasteiger partial charge in [-0.25, -0.2) is 0 Å². The normalized spacial score (nSPS) is 10.4. The third kappa shape index (κ3) is 12.4. The minimum absolute atomic E-state index is 0.00113. The highest BCUT2D eigenvalue weighted by atomic mass is 32.2. The molecule has 23 heavy (non-hydrogen) atoms. The molecule has 0 aromatic rings. The van der Waals surface area contributed by atoms with Crippen LogP contribution in [0.5, 0.6) is 0 Å². The first-order valence-corrected chi connectivity index (χ1v) is 10.5. The Labute approximate surface area is 148 Å². The van der Waals surface area contributed by atoms with Crippen molar-refractivity contribution < 1.29 is 14.4 Å². The third-order valence-electron chi connectivity index (χ3n) is 3.21. The lowest BCUT2D eigenvalue weighted by Gasteiger charge is -2.18. The van der Waals surface area contributed by atoms with Crippen molar-refractivity contribution in [1.82, 2.24) is 10.2 Å². The minimum Gasteiger partial charge on any atom is -0.356 e. The molecule has 0 saturated heterocycles. The van der Waals surface area contributed by atoms with E-state index in [1.165, 1.54) is 11.8 Å². The molecule has 0 radical (unpaired) electrons. The van der Waals surface area contributed by atoms with Gasteiger partial charge in [0.1, 0.15) is 0 Å². The maximum Gasteiger partial charge on any atom is 0.223 e. The molecule has 0 aromatic heterocycles. The zero-order valence-corrected chi connectivity index (χ0v) is 16.2. The third-order valence-corrected chi connectivity index (χ3v) is 5.22. The van der Waals surface area contributed by atoms with Crippen molar-refractivity contribution in [2.45, 2.75) is 46.5 Å². The number of hydrogen-bond donors (Lipinski definition) is 1. The number of thioether (sulfide) groups is 2. The highest BCUT2D eigenvalue weighted by Gasteiger charge is 2.09. The summed E-state index contributed by atoms with van der Waals surface area (Å²) in [5.74, 6) is 2.47. The van der Waals surface area contributed by atoms with E-state index in [2.05, 4.69) is 5.32 Å². The Kier molecular flexibility index (Phi) is 14.4. The first-order valence-electron chi connectivity index (χ1n) is 8.32. The molecule has 0 unspecified atom stereocenters. The summed E-state index contributed by atoms with van der Waals surface area (Å²) in [5, 5.41) is 2.86. The fourth-order valence-electron chi connectivity index (χ4n) is 1.93. The number of nitrogens with zero attached hydrogens (tertiary/aromatic N) is 1. The molecule has 0 aliphatic carbocycles. The Bertz CT molecular complexity index is 361. The van der Waals surface area contributed by atoms with E-state index >= 15 is 0 Å². The van der Waals surface area contributed by atoms with Crippen molar-refractivity contribution in [3.63, 3.8) is 0 Å². The number of hydrogen-bond acceptors (Lipinski definition) is 5. The summed E-state index contributed by atoms with van der Waals surface area (Å²) in [7, 11) is 0. The first-order chi connectivity index (χ1) is 11.0. The Morgan fingerprint density at radius 3 is 2.22 bits per heavy atom. The molecular weight excluding hydrogens is 332 g/mol. The van der Waals surface area contributed by atoms with Crippen LogP contribution < -0.4 is 5.32 Å². The average molecular weight is 363 g/mol. The summed E-state index contributed by atoms with van der Waals surface area (Å²) in [6.45, 7) is 8.02. The molecule has 2 amide bonds. The fourth-order valence-corrected chi connectivity index (χ4v) is 3.61. The molecule has 134 valence electrons. The van der Waals surface area contributed by atoms with E-state index < -0.39 is 0 Å². The molecule has 0 aliphatic rings. The SMILES string of the molecule is CCNC(=O)CCSC(=O)CCCSCCC(=O)N(CC)CC. The summed E-state index contributed by atoms with van der Waals surface area (Å²) >= 11 is 2.96. The number of carbonyl (C=O) groups excluding carboxylic acids is 3. The van der Waals surface area contributed by atoms with Crippen molar-refractivity contribution in [2.24, 2.45) is 0 Å². The molecule has 0 spiro atoms. The van der Waals surface area contributed by atoms with Crippen LogP contribution in [0.15, 0.2) is 0 Å². The Morgan fingerprint density at radius 2 is 1.61 bits per heavy atom. The Morgan fingerprint density at radius 1 is 0.913 bits per heavy atom. The monoisotopic (exact) mass is 362 g/mol. The van der Waals surface area contributed by atoms with E-state index in [1.807, 2.05) is 25.7 Å². The molecule has 0 heterocycles. The highest BCUT2D eigenvalue weighted by molar-refractivity contribution is 8.13. The highest BCUT2D eigenvalue weighted by Crippen LogP contribution is 2.13. The number of nitrogens with one attached hydrogen (secondary N) is 1. The summed E-state index contributed by atoms with van der Waals surface area (Å²) in [6.07, 6.45) is 2.34. The predicted octanol–water partition coefficient (Wildman–Crippen LogP) is 2.54. The second-order valence-electron chi connectivity index (χ2n) is 4.96. The van der Waals surface area contributed by atoms with Gasteiger partial charge in [-0.05, 0) is 32.9 Å². The number of amides is 2. The van der Waals surface area contributed by atoms with Gasteiger partial charge >= 0.3 is 0 Å². The lowest BCUT2D eigenvalue weighted by molar-refractivity contribution is -0.130. The van der Waals surface area contributed by atoms with Gasteiger partial charge in [-0.3, -0.25) is 14.4 Å². The first kappa shape index (κ1) is 22.3. The lowest BCUT2D eigenvalue weighted by Crippen LogP contribution is -2.30. The molecule has 0 aliphatic heterocycles. The van der Waals surface area contributed by atoms with Crippen LogP contribution in [0.2, 0.25) is 0 Å². The largest absolute Gasteiger partial charge is 0.356 e. The zero-order chi connectivity index (χ0) is 17.5. The summed E-state index contributed by atoms with van der Waals surface area (Å²) < 4.78 is 0. The van der Waals surface area contributed by atoms with Gasteiger partial charge in [-0.1, -0.05) is 11.8 Å². The molecule has 0 bridgehead atoms. The molecule has 7 heteroatoms. The van der Waals surface area contributed by atoms with Crippen LogP contribution in [0.4, 0.5) is 0 Å². The van der Waals surface area contributed by atoms with Crippen LogP contribution in [0.25, 0.3) is 0 Å². The lowest BCUT2D eigenvalue weighted by atomic mass is 10.4. The number of carbonyl (C=O) groups is 3. The summed E-state index contributed by atoms with van der Waals surface area (Å²) in [5.41, 5.74) is 0. The standard InChI is InChI=1S/C16H30N2O3S2/c1-4-17-14(19)9-13-23-16(21)8-7-11-22-12-10-15(20)18(5-2)6-3/h4-13H2,1-3H3,(H,17,19). The maximum atomic E-state index is 11.8. The van der Waals surface area contributed by atoms with Crippen LogP contribution in [0.1, 0.15) is 46.5 Å². The zero-order valence-electron chi connectivity index (χ0n) is 14.6. The molecule has 0 saturated carbocycles. The van der Waals surface area contributed by atoms with Gasteiger partial charge in [0, 0.05) is 50.4 Å². The predicted molar refractivity (Wildman–Crippen MR) is 99.9 cm³/mol. The second-order valence-corrected chi connectivity index (χ2v) is 7.33. The molecule has 0 atom stereocenters. The van der Waals surface area contributed by atoms with Crippen LogP contribution in [0, 0.1) is 0 Å². The topological polar surface area (TPSA) is 66.5 Å². The molecule has 0 aromatic carbocycles. The van der Waals surface area contributed by atoms with Crippen LogP contribution in [-0.4, -0.2) is 58.7 Å². The van der Waals surface area contributed by atoms with E-state index in [4.69, 9.17) is 0 Å². The van der Waals surface area contributed by atoms with Crippen LogP contribution in [0.3, 0.4) is 0 Å². The molecule has 0 fully saturated rings. The maximum absolute atomic E-state index is 11.8. The van der Waals surface area contributed by atoms with Gasteiger partial charge in [-0.2, -0.15) is 11.8 Å². The van der Waals surface area contributed by atoms with E-state index in [9.17, 15) is 14.4 Å². The molecule has 5 nitrogen and oxygen atoms in total. The Hall–Kier alpha value is -0.690. The van der Waals surface area contributed by atoms with Crippen LogP contribution in [-0.2, 0) is 14.4 Å². The second kappa shape index (κ2) is 14.9. The van der Waals surface area contributed by atoms with E-state index in [0.29, 0.717) is 31.6 Å². The smallest absolute Gasteiger partial charge is 0.223 e. The van der Waals surface area contributed by atoms with Crippen molar-refractivity contribution in [2.75, 3.05) is 36.9 Å².